The smallest absolute Gasteiger partial charge is 0.266 e. The van der Waals surface area contributed by atoms with Crippen LogP contribution in [0.1, 0.15) is 12.0 Å². The Bertz CT molecular complexity index is 508. The number of alkyl halides is 2. The molecule has 0 saturated heterocycles. The van der Waals surface area contributed by atoms with Crippen LogP contribution in [0.2, 0.25) is 0 Å². The summed E-state index contributed by atoms with van der Waals surface area (Å²) in [7, 11) is 0. The first-order valence-electron chi connectivity index (χ1n) is 4.47. The van der Waals surface area contributed by atoms with Crippen LogP contribution >= 0.6 is 0 Å². The molecule has 0 bridgehead atoms. The second-order valence-electron chi connectivity index (χ2n) is 3.24. The van der Waals surface area contributed by atoms with E-state index in [0.29, 0.717) is 11.3 Å². The molecule has 1 aromatic heterocycles. The van der Waals surface area contributed by atoms with Gasteiger partial charge in [-0.15, -0.1) is 0 Å². The molecule has 0 saturated carbocycles. The summed E-state index contributed by atoms with van der Waals surface area (Å²) in [6.45, 7) is 0. The van der Waals surface area contributed by atoms with Gasteiger partial charge >= 0.3 is 0 Å². The third-order valence-electron chi connectivity index (χ3n) is 2.14. The van der Waals surface area contributed by atoms with Crippen LogP contribution in [0.15, 0.2) is 24.3 Å². The molecule has 0 atom stereocenters. The van der Waals surface area contributed by atoms with E-state index in [4.69, 9.17) is 5.73 Å². The summed E-state index contributed by atoms with van der Waals surface area (Å²) in [6.07, 6.45) is -2.82. The van der Waals surface area contributed by atoms with Gasteiger partial charge in [0.15, 0.2) is 0 Å². The Balaban J connectivity index is 2.42. The van der Waals surface area contributed by atoms with E-state index in [0.717, 1.165) is 12.1 Å². The Hall–Kier alpha value is -1.98. The van der Waals surface area contributed by atoms with Crippen LogP contribution in [0.5, 0.6) is 0 Å². The average molecular weight is 227 g/mol. The zero-order valence-electron chi connectivity index (χ0n) is 8.05. The maximum atomic E-state index is 13.2. The number of hydrogen-bond donors (Lipinski definition) is 2. The molecular weight excluding hydrogens is 219 g/mol. The van der Waals surface area contributed by atoms with Crippen LogP contribution in [0.25, 0.3) is 11.3 Å². The highest BCUT2D eigenvalue weighted by Gasteiger charge is 2.14. The third-order valence-corrected chi connectivity index (χ3v) is 2.14. The number of aromatic nitrogens is 2. The molecule has 84 valence electrons. The largest absolute Gasteiger partial charge is 0.382 e. The van der Waals surface area contributed by atoms with Gasteiger partial charge in [-0.25, -0.2) is 13.2 Å². The van der Waals surface area contributed by atoms with Gasteiger partial charge in [-0.2, -0.15) is 5.10 Å². The number of nitrogens with two attached hydrogens (primary N) is 1. The maximum absolute atomic E-state index is 13.2. The number of hydrogen-bond acceptors (Lipinski definition) is 2. The predicted octanol–water partition coefficient (Wildman–Crippen LogP) is 2.74. The van der Waals surface area contributed by atoms with Crippen molar-refractivity contribution >= 4 is 5.82 Å². The number of rotatable bonds is 2. The molecule has 0 aliphatic heterocycles. The third kappa shape index (κ3) is 1.86. The van der Waals surface area contributed by atoms with Crippen molar-refractivity contribution in [2.75, 3.05) is 5.73 Å². The van der Waals surface area contributed by atoms with E-state index >= 15 is 0 Å². The number of nitrogens with zero attached hydrogens (tertiary/aromatic N) is 1. The van der Waals surface area contributed by atoms with Crippen molar-refractivity contribution in [1.82, 2.24) is 10.2 Å². The van der Waals surface area contributed by atoms with Crippen LogP contribution in [0.3, 0.4) is 0 Å². The van der Waals surface area contributed by atoms with Gasteiger partial charge in [0.25, 0.3) is 6.43 Å². The summed E-state index contributed by atoms with van der Waals surface area (Å²) >= 11 is 0. The fourth-order valence-corrected chi connectivity index (χ4v) is 1.36. The first-order chi connectivity index (χ1) is 7.58. The second-order valence-corrected chi connectivity index (χ2v) is 3.24. The van der Waals surface area contributed by atoms with Crippen molar-refractivity contribution in [3.8, 4) is 11.3 Å². The minimum absolute atomic E-state index is 0.258. The number of nitrogens with one attached hydrogen (secondary N) is 1. The highest BCUT2D eigenvalue weighted by molar-refractivity contribution is 5.62. The van der Waals surface area contributed by atoms with E-state index in [1.807, 2.05) is 0 Å². The molecule has 3 nitrogen and oxygen atoms in total. The molecule has 2 rings (SSSR count). The normalized spacial score (nSPS) is 11.0. The number of nitrogen functional groups attached to an aromatic ring is 1. The van der Waals surface area contributed by atoms with Crippen molar-refractivity contribution in [3.05, 3.63) is 35.6 Å². The van der Waals surface area contributed by atoms with Gasteiger partial charge in [-0.1, -0.05) is 6.07 Å². The lowest BCUT2D eigenvalue weighted by Crippen LogP contribution is -1.91. The zero-order valence-corrected chi connectivity index (χ0v) is 8.05. The van der Waals surface area contributed by atoms with Crippen LogP contribution in [-0.4, -0.2) is 10.2 Å². The van der Waals surface area contributed by atoms with Crippen molar-refractivity contribution in [1.29, 1.82) is 0 Å². The zero-order chi connectivity index (χ0) is 11.7. The lowest BCUT2D eigenvalue weighted by Gasteiger charge is -2.03. The van der Waals surface area contributed by atoms with E-state index in [2.05, 4.69) is 10.2 Å². The van der Waals surface area contributed by atoms with Gasteiger partial charge in [-0.05, 0) is 12.1 Å². The molecule has 0 amide bonds. The lowest BCUT2D eigenvalue weighted by molar-refractivity contribution is 0.146. The fraction of sp³-hybridized carbons (Fsp3) is 0.100. The number of benzene rings is 1. The van der Waals surface area contributed by atoms with Crippen molar-refractivity contribution in [2.24, 2.45) is 0 Å². The van der Waals surface area contributed by atoms with E-state index in [1.54, 1.807) is 0 Å². The highest BCUT2D eigenvalue weighted by atomic mass is 19.3. The van der Waals surface area contributed by atoms with Crippen LogP contribution in [-0.2, 0) is 0 Å². The molecule has 2 aromatic rings. The molecule has 0 spiro atoms. The van der Waals surface area contributed by atoms with Crippen molar-refractivity contribution in [3.63, 3.8) is 0 Å². The van der Waals surface area contributed by atoms with Crippen LogP contribution in [0.4, 0.5) is 19.0 Å². The van der Waals surface area contributed by atoms with Gasteiger partial charge in [-0.3, -0.25) is 5.10 Å². The van der Waals surface area contributed by atoms with Gasteiger partial charge in [0.1, 0.15) is 11.6 Å². The summed E-state index contributed by atoms with van der Waals surface area (Å²) in [5.41, 5.74) is 5.67. The molecule has 3 N–H and O–H groups in total. The molecule has 1 heterocycles. The topological polar surface area (TPSA) is 54.7 Å². The monoisotopic (exact) mass is 227 g/mol. The van der Waals surface area contributed by atoms with E-state index < -0.39 is 17.8 Å². The summed E-state index contributed by atoms with van der Waals surface area (Å²) in [5.74, 6) is -0.686. The Labute approximate surface area is 89.1 Å². The summed E-state index contributed by atoms with van der Waals surface area (Å²) in [6, 6.07) is 4.95. The van der Waals surface area contributed by atoms with E-state index in [-0.39, 0.29) is 5.82 Å². The van der Waals surface area contributed by atoms with Gasteiger partial charge in [0.05, 0.1) is 11.3 Å². The second kappa shape index (κ2) is 3.88. The Morgan fingerprint density at radius 1 is 1.25 bits per heavy atom. The molecule has 0 fully saturated rings. The Morgan fingerprint density at radius 3 is 2.50 bits per heavy atom. The maximum Gasteiger partial charge on any atom is 0.266 e. The first-order valence-corrected chi connectivity index (χ1v) is 4.47. The quantitative estimate of drug-likeness (QED) is 0.828. The van der Waals surface area contributed by atoms with Crippen LogP contribution < -0.4 is 5.73 Å². The van der Waals surface area contributed by atoms with E-state index in [9.17, 15) is 13.2 Å². The Morgan fingerprint density at radius 2 is 2.00 bits per heavy atom. The summed E-state index contributed by atoms with van der Waals surface area (Å²) in [5, 5.41) is 6.23. The summed E-state index contributed by atoms with van der Waals surface area (Å²) in [4.78, 5) is 0. The molecule has 6 heteroatoms. The first kappa shape index (κ1) is 10.5. The van der Waals surface area contributed by atoms with Gasteiger partial charge < -0.3 is 5.73 Å². The summed E-state index contributed by atoms with van der Waals surface area (Å²) < 4.78 is 37.8. The molecule has 0 unspecified atom stereocenters. The standard InChI is InChI=1S/C10H8F3N3/c11-7-3-5(1-2-6(7)10(12)13)8-4-9(14)16-15-8/h1-4,10H,(H3,14,15,16). The van der Waals surface area contributed by atoms with Gasteiger partial charge in [0, 0.05) is 11.6 Å². The van der Waals surface area contributed by atoms with Crippen molar-refractivity contribution < 1.29 is 13.2 Å². The fourth-order valence-electron chi connectivity index (χ4n) is 1.36. The number of halogens is 3. The SMILES string of the molecule is Nc1cc(-c2ccc(C(F)F)c(F)c2)[nH]n1. The molecular formula is C10H8F3N3. The molecule has 1 aromatic carbocycles. The van der Waals surface area contributed by atoms with E-state index in [1.165, 1.54) is 12.1 Å². The lowest BCUT2D eigenvalue weighted by atomic mass is 10.1. The molecule has 0 aliphatic rings. The van der Waals surface area contributed by atoms with Crippen molar-refractivity contribution in [2.45, 2.75) is 6.43 Å². The average Bonchev–Trinajstić information content (AvgIpc) is 2.64. The predicted molar refractivity (Wildman–Crippen MR) is 53.4 cm³/mol. The van der Waals surface area contributed by atoms with Crippen LogP contribution in [0, 0.1) is 5.82 Å². The molecule has 16 heavy (non-hydrogen) atoms. The minimum Gasteiger partial charge on any atom is -0.382 e. The Kier molecular flexibility index (Phi) is 2.55. The minimum atomic E-state index is -2.82. The molecule has 0 aliphatic carbocycles. The number of H-pyrrole nitrogens is 1. The molecule has 0 radical (unpaired) electrons. The highest BCUT2D eigenvalue weighted by Crippen LogP contribution is 2.26. The number of anilines is 1. The number of aromatic amines is 1. The van der Waals surface area contributed by atoms with Gasteiger partial charge in [0.2, 0.25) is 0 Å².